The lowest BCUT2D eigenvalue weighted by molar-refractivity contribution is -0.385. The topological polar surface area (TPSA) is 95.7 Å². The summed E-state index contributed by atoms with van der Waals surface area (Å²) in [6, 6.07) is 1.81. The highest BCUT2D eigenvalue weighted by atomic mass is 19.4. The summed E-state index contributed by atoms with van der Waals surface area (Å²) in [6.07, 6.45) is -8.70. The van der Waals surface area contributed by atoms with E-state index >= 15 is 0 Å². The Morgan fingerprint density at radius 1 is 1.00 bits per heavy atom. The molecule has 0 aliphatic carbocycles. The van der Waals surface area contributed by atoms with E-state index in [0.717, 1.165) is 0 Å². The van der Waals surface area contributed by atoms with E-state index in [4.69, 9.17) is 0 Å². The molecule has 29 heavy (non-hydrogen) atoms. The number of alkyl halides is 7. The minimum Gasteiger partial charge on any atom is -0.459 e. The van der Waals surface area contributed by atoms with E-state index in [1.54, 1.807) is 0 Å². The largest absolute Gasteiger partial charge is 0.460 e. The fourth-order valence-corrected chi connectivity index (χ4v) is 1.64. The van der Waals surface area contributed by atoms with Gasteiger partial charge in [0.1, 0.15) is 5.82 Å². The third-order valence-corrected chi connectivity index (χ3v) is 3.11. The minimum absolute atomic E-state index is 0.466. The van der Waals surface area contributed by atoms with Gasteiger partial charge in [-0.15, -0.1) is 0 Å². The van der Waals surface area contributed by atoms with Crippen LogP contribution < -0.4 is 4.74 Å². The maximum atomic E-state index is 13.1. The lowest BCUT2D eigenvalue weighted by Gasteiger charge is -2.27. The van der Waals surface area contributed by atoms with Crippen LogP contribution >= 0.6 is 0 Å². The van der Waals surface area contributed by atoms with Gasteiger partial charge in [0.25, 0.3) is 0 Å². The predicted octanol–water partition coefficient (Wildman–Crippen LogP) is 3.80. The molecule has 0 bridgehead atoms. The van der Waals surface area contributed by atoms with Gasteiger partial charge in [-0.1, -0.05) is 0 Å². The lowest BCUT2D eigenvalue weighted by Crippen LogP contribution is -2.54. The summed E-state index contributed by atoms with van der Waals surface area (Å²) in [5, 5.41) is 10.7. The van der Waals surface area contributed by atoms with Crippen LogP contribution in [0.15, 0.2) is 18.2 Å². The normalized spacial score (nSPS) is 12.4. The van der Waals surface area contributed by atoms with Gasteiger partial charge in [-0.3, -0.25) is 19.7 Å². The van der Waals surface area contributed by atoms with Gasteiger partial charge in [0.2, 0.25) is 5.75 Å². The van der Waals surface area contributed by atoms with Crippen LogP contribution in [0.25, 0.3) is 0 Å². The van der Waals surface area contributed by atoms with Crippen LogP contribution in [0.5, 0.6) is 5.75 Å². The molecule has 1 aromatic rings. The van der Waals surface area contributed by atoms with E-state index in [1.165, 1.54) is 0 Å². The SMILES string of the molecule is O=C(CCC(=O)Oc1cc(F)ccc1[N+](=O)[O-])OCC(F)(F)C(F)(F)C(F)(F)F. The van der Waals surface area contributed by atoms with Gasteiger partial charge in [0, 0.05) is 12.1 Å². The summed E-state index contributed by atoms with van der Waals surface area (Å²) < 4.78 is 108. The molecule has 0 fully saturated rings. The number of halogens is 8. The summed E-state index contributed by atoms with van der Waals surface area (Å²) in [4.78, 5) is 32.4. The van der Waals surface area contributed by atoms with Crippen LogP contribution in [0, 0.1) is 15.9 Å². The Morgan fingerprint density at radius 2 is 1.55 bits per heavy atom. The van der Waals surface area contributed by atoms with Crippen LogP contribution in [0.4, 0.5) is 40.8 Å². The summed E-state index contributed by atoms with van der Waals surface area (Å²) in [6.45, 7) is -2.62. The highest BCUT2D eigenvalue weighted by molar-refractivity contribution is 5.79. The molecule has 0 atom stereocenters. The van der Waals surface area contributed by atoms with E-state index in [2.05, 4.69) is 9.47 Å². The molecule has 15 heteroatoms. The van der Waals surface area contributed by atoms with Gasteiger partial charge in [-0.25, -0.2) is 4.39 Å². The number of hydrogen-bond acceptors (Lipinski definition) is 6. The molecule has 7 nitrogen and oxygen atoms in total. The van der Waals surface area contributed by atoms with Crippen molar-refractivity contribution in [3.63, 3.8) is 0 Å². The van der Waals surface area contributed by atoms with Crippen molar-refractivity contribution in [1.29, 1.82) is 0 Å². The van der Waals surface area contributed by atoms with Crippen molar-refractivity contribution >= 4 is 17.6 Å². The van der Waals surface area contributed by atoms with Crippen molar-refractivity contribution in [3.05, 3.63) is 34.1 Å². The van der Waals surface area contributed by atoms with E-state index in [0.29, 0.717) is 18.2 Å². The van der Waals surface area contributed by atoms with Crippen LogP contribution in [0.2, 0.25) is 0 Å². The molecule has 1 aromatic carbocycles. The number of nitro groups is 1. The van der Waals surface area contributed by atoms with Crippen LogP contribution in [0.3, 0.4) is 0 Å². The Kier molecular flexibility index (Phi) is 7.10. The Morgan fingerprint density at radius 3 is 2.07 bits per heavy atom. The molecule has 0 aromatic heterocycles. The molecular weight excluding hydrogens is 430 g/mol. The highest BCUT2D eigenvalue weighted by Gasteiger charge is 2.73. The molecule has 0 aliphatic heterocycles. The summed E-state index contributed by atoms with van der Waals surface area (Å²) >= 11 is 0. The monoisotopic (exact) mass is 439 g/mol. The zero-order valence-electron chi connectivity index (χ0n) is 13.8. The highest BCUT2D eigenvalue weighted by Crippen LogP contribution is 2.46. The number of ether oxygens (including phenoxy) is 2. The molecule has 0 unspecified atom stereocenters. The van der Waals surface area contributed by atoms with Gasteiger partial charge >= 0.3 is 35.6 Å². The molecule has 0 aliphatic rings. The van der Waals surface area contributed by atoms with Gasteiger partial charge < -0.3 is 9.47 Å². The molecule has 1 rings (SSSR count). The van der Waals surface area contributed by atoms with Gasteiger partial charge in [0.05, 0.1) is 17.8 Å². The lowest BCUT2D eigenvalue weighted by atomic mass is 10.2. The molecule has 0 spiro atoms. The third kappa shape index (κ3) is 5.99. The fraction of sp³-hybridized carbons (Fsp3) is 0.429. The van der Waals surface area contributed by atoms with E-state index in [-0.39, 0.29) is 0 Å². The number of carbonyl (C=O) groups excluding carboxylic acids is 2. The number of rotatable bonds is 8. The van der Waals surface area contributed by atoms with Crippen LogP contribution in [-0.4, -0.2) is 41.5 Å². The molecule has 0 radical (unpaired) electrons. The van der Waals surface area contributed by atoms with Crippen molar-refractivity contribution < 1.29 is 59.1 Å². The third-order valence-electron chi connectivity index (χ3n) is 3.11. The first kappa shape index (κ1) is 24.0. The van der Waals surface area contributed by atoms with Gasteiger partial charge in [-0.05, 0) is 6.07 Å². The first-order valence-corrected chi connectivity index (χ1v) is 7.21. The first-order chi connectivity index (χ1) is 13.1. The molecule has 162 valence electrons. The molecule has 0 saturated carbocycles. The molecule has 0 saturated heterocycles. The second-order valence-corrected chi connectivity index (χ2v) is 5.28. The quantitative estimate of drug-likeness (QED) is 0.201. The smallest absolute Gasteiger partial charge is 0.459 e. The van der Waals surface area contributed by atoms with Crippen molar-refractivity contribution in [2.75, 3.05) is 6.61 Å². The fourth-order valence-electron chi connectivity index (χ4n) is 1.64. The Labute approximate surface area is 155 Å². The van der Waals surface area contributed by atoms with Crippen molar-refractivity contribution in [2.24, 2.45) is 0 Å². The minimum atomic E-state index is -6.60. The standard InChI is InChI=1S/C14H9F8NO6/c15-7-1-2-8(23(26)27)9(5-7)29-11(25)4-3-10(24)28-6-12(16,17)13(18,19)14(20,21)22/h1-2,5H,3-4,6H2. The Hall–Kier alpha value is -3.00. The van der Waals surface area contributed by atoms with Gasteiger partial charge in [0.15, 0.2) is 6.61 Å². The van der Waals surface area contributed by atoms with Crippen molar-refractivity contribution in [3.8, 4) is 5.75 Å². The van der Waals surface area contributed by atoms with Crippen molar-refractivity contribution in [2.45, 2.75) is 30.9 Å². The zero-order valence-corrected chi connectivity index (χ0v) is 13.8. The van der Waals surface area contributed by atoms with Gasteiger partial charge in [-0.2, -0.15) is 30.7 Å². The number of benzene rings is 1. The Bertz CT molecular complexity index is 795. The zero-order chi connectivity index (χ0) is 22.6. The Balaban J connectivity index is 2.63. The van der Waals surface area contributed by atoms with E-state index in [1.807, 2.05) is 0 Å². The van der Waals surface area contributed by atoms with Crippen molar-refractivity contribution in [1.82, 2.24) is 0 Å². The maximum Gasteiger partial charge on any atom is 0.460 e. The molecular formula is C14H9F8NO6. The second kappa shape index (κ2) is 8.57. The maximum absolute atomic E-state index is 13.1. The number of nitrogens with zero attached hydrogens (tertiary/aromatic N) is 1. The van der Waals surface area contributed by atoms with Crippen LogP contribution in [0.1, 0.15) is 12.8 Å². The summed E-state index contributed by atoms with van der Waals surface area (Å²) in [7, 11) is 0. The number of nitro benzene ring substituents is 1. The molecule has 0 N–H and O–H groups in total. The number of carbonyl (C=O) groups is 2. The predicted molar refractivity (Wildman–Crippen MR) is 74.8 cm³/mol. The average molecular weight is 439 g/mol. The van der Waals surface area contributed by atoms with Crippen LogP contribution in [-0.2, 0) is 14.3 Å². The van der Waals surface area contributed by atoms with E-state index in [9.17, 15) is 54.8 Å². The summed E-state index contributed by atoms with van der Waals surface area (Å²) in [5.41, 5.74) is -0.823. The number of hydrogen-bond donors (Lipinski definition) is 0. The molecule has 0 amide bonds. The first-order valence-electron chi connectivity index (χ1n) is 7.21. The molecule has 0 heterocycles. The average Bonchev–Trinajstić information content (AvgIpc) is 2.56. The second-order valence-electron chi connectivity index (χ2n) is 5.28. The van der Waals surface area contributed by atoms with E-state index < -0.39 is 71.6 Å². The number of esters is 2. The summed E-state index contributed by atoms with van der Waals surface area (Å²) in [5.74, 6) is -17.3.